The fourth-order valence-corrected chi connectivity index (χ4v) is 4.49. The quantitative estimate of drug-likeness (QED) is 0.243. The number of aliphatic hydroxyl groups excluding tert-OH is 1. The molecule has 1 aliphatic carbocycles. The van der Waals surface area contributed by atoms with E-state index in [9.17, 15) is 18.3 Å². The van der Waals surface area contributed by atoms with Crippen LogP contribution in [0.2, 0.25) is 0 Å². The normalized spacial score (nSPS) is 19.3. The first kappa shape index (κ1) is 30.5. The Kier molecular flexibility index (Phi) is 14.6. The molecule has 2 rings (SSSR count). The zero-order chi connectivity index (χ0) is 25.6. The fraction of sp³-hybridized carbons (Fsp3) is 0.724. The van der Waals surface area contributed by atoms with E-state index < -0.39 is 11.7 Å². The van der Waals surface area contributed by atoms with Crippen molar-refractivity contribution in [3.63, 3.8) is 0 Å². The first-order valence-electron chi connectivity index (χ1n) is 13.3. The molecular formula is C29H48F3NO. The van der Waals surface area contributed by atoms with Crippen LogP contribution in [0.15, 0.2) is 36.1 Å². The maximum absolute atomic E-state index is 12.6. The van der Waals surface area contributed by atoms with Gasteiger partial charge in [0, 0.05) is 6.42 Å². The van der Waals surface area contributed by atoms with Gasteiger partial charge in [-0.2, -0.15) is 13.2 Å². The van der Waals surface area contributed by atoms with Crippen molar-refractivity contribution in [1.82, 2.24) is 5.32 Å². The van der Waals surface area contributed by atoms with E-state index in [1.165, 1.54) is 44.5 Å². The van der Waals surface area contributed by atoms with Crippen molar-refractivity contribution in [2.45, 2.75) is 105 Å². The molecule has 1 fully saturated rings. The molecule has 1 aromatic rings. The van der Waals surface area contributed by atoms with Crippen LogP contribution in [0.5, 0.6) is 0 Å². The summed E-state index contributed by atoms with van der Waals surface area (Å²) < 4.78 is 37.8. The summed E-state index contributed by atoms with van der Waals surface area (Å²) in [6, 6.07) is 5.57. The maximum Gasteiger partial charge on any atom is 0.416 e. The van der Waals surface area contributed by atoms with Gasteiger partial charge in [-0.1, -0.05) is 53.2 Å². The second-order valence-corrected chi connectivity index (χ2v) is 10.6. The summed E-state index contributed by atoms with van der Waals surface area (Å²) in [5.41, 5.74) is 0.392. The van der Waals surface area contributed by atoms with Gasteiger partial charge >= 0.3 is 6.18 Å². The molecule has 0 heterocycles. The molecule has 5 heteroatoms. The second-order valence-electron chi connectivity index (χ2n) is 10.6. The minimum Gasteiger partial charge on any atom is -0.513 e. The van der Waals surface area contributed by atoms with E-state index in [1.807, 2.05) is 13.0 Å². The molecule has 0 bridgehead atoms. The van der Waals surface area contributed by atoms with Gasteiger partial charge in [0.05, 0.1) is 11.3 Å². The number of rotatable bonds is 11. The highest BCUT2D eigenvalue weighted by atomic mass is 19.4. The Morgan fingerprint density at radius 2 is 1.68 bits per heavy atom. The molecule has 0 saturated heterocycles. The van der Waals surface area contributed by atoms with Crippen LogP contribution in [0.1, 0.15) is 109 Å². The molecule has 34 heavy (non-hydrogen) atoms. The van der Waals surface area contributed by atoms with Crippen LogP contribution in [0.4, 0.5) is 13.2 Å². The zero-order valence-electron chi connectivity index (χ0n) is 22.1. The second kappa shape index (κ2) is 16.2. The largest absolute Gasteiger partial charge is 0.513 e. The van der Waals surface area contributed by atoms with Crippen LogP contribution in [0, 0.1) is 17.8 Å². The molecule has 196 valence electrons. The molecule has 0 aliphatic heterocycles. The highest BCUT2D eigenvalue weighted by Gasteiger charge is 2.31. The van der Waals surface area contributed by atoms with Crippen molar-refractivity contribution in [1.29, 1.82) is 0 Å². The van der Waals surface area contributed by atoms with Gasteiger partial charge in [-0.25, -0.2) is 0 Å². The Morgan fingerprint density at radius 1 is 1.03 bits per heavy atom. The summed E-state index contributed by atoms with van der Waals surface area (Å²) in [6.45, 7) is 13.5. The van der Waals surface area contributed by atoms with E-state index >= 15 is 0 Å². The summed E-state index contributed by atoms with van der Waals surface area (Å²) in [7, 11) is 0. The van der Waals surface area contributed by atoms with Crippen molar-refractivity contribution < 1.29 is 18.3 Å². The number of aliphatic hydroxyl groups is 1. The number of hydrogen-bond acceptors (Lipinski definition) is 2. The van der Waals surface area contributed by atoms with Crippen molar-refractivity contribution in [2.24, 2.45) is 17.8 Å². The Balaban J connectivity index is 0.000000411. The lowest BCUT2D eigenvalue weighted by Gasteiger charge is -2.29. The Labute approximate surface area is 206 Å². The molecule has 2 N–H and O–H groups in total. The minimum atomic E-state index is -4.27. The van der Waals surface area contributed by atoms with Crippen LogP contribution in [0.25, 0.3) is 0 Å². The Hall–Kier alpha value is -1.49. The minimum absolute atomic E-state index is 0.301. The average molecular weight is 484 g/mol. The molecule has 0 aromatic heterocycles. The van der Waals surface area contributed by atoms with Crippen molar-refractivity contribution in [2.75, 3.05) is 13.1 Å². The average Bonchev–Trinajstić information content (AvgIpc) is 2.76. The van der Waals surface area contributed by atoms with E-state index in [2.05, 4.69) is 33.0 Å². The van der Waals surface area contributed by atoms with E-state index in [0.29, 0.717) is 24.0 Å². The number of nitrogens with one attached hydrogen (secondary N) is 1. The molecule has 0 amide bonds. The van der Waals surface area contributed by atoms with E-state index in [1.54, 1.807) is 12.1 Å². The molecule has 2 atom stereocenters. The van der Waals surface area contributed by atoms with Crippen LogP contribution < -0.4 is 5.32 Å². The predicted octanol–water partition coefficient (Wildman–Crippen LogP) is 9.28. The summed E-state index contributed by atoms with van der Waals surface area (Å²) in [4.78, 5) is 0. The summed E-state index contributed by atoms with van der Waals surface area (Å²) in [6.07, 6.45) is 7.16. The molecule has 1 aromatic carbocycles. The van der Waals surface area contributed by atoms with Gasteiger partial charge in [-0.15, -0.1) is 0 Å². The molecule has 0 radical (unpaired) electrons. The highest BCUT2D eigenvalue weighted by Crippen LogP contribution is 2.39. The van der Waals surface area contributed by atoms with Crippen LogP contribution in [-0.2, 0) is 6.18 Å². The van der Waals surface area contributed by atoms with Gasteiger partial charge in [0.2, 0.25) is 0 Å². The van der Waals surface area contributed by atoms with Crippen LogP contribution in [0.3, 0.4) is 0 Å². The highest BCUT2D eigenvalue weighted by molar-refractivity contribution is 5.27. The number of halogens is 3. The van der Waals surface area contributed by atoms with Gasteiger partial charge in [-0.3, -0.25) is 0 Å². The lowest BCUT2D eigenvalue weighted by Crippen LogP contribution is -2.18. The standard InChI is InChI=1S/C18H23F3O.C11H25N/c1-2-4-17(22)12-13-5-3-6-15(11-13)14-7-9-16(10-8-14)18(19,20)21;1-10(2)6-5-8-12-9-7-11(3)4/h4,7-10,13,15,22H,2-3,5-6,11-12H2,1H3;10-12H,5-9H2,1-4H3/b17-4+;. The fourth-order valence-electron chi connectivity index (χ4n) is 4.49. The summed E-state index contributed by atoms with van der Waals surface area (Å²) in [5.74, 6) is 2.86. The summed E-state index contributed by atoms with van der Waals surface area (Å²) >= 11 is 0. The topological polar surface area (TPSA) is 32.3 Å². The SMILES string of the molecule is CC(C)CCCNCCC(C)C.CC/C=C(/O)CC1CCCC(c2ccc(C(F)(F)F)cc2)C1. The summed E-state index contributed by atoms with van der Waals surface area (Å²) in [5, 5.41) is 13.3. The molecule has 2 unspecified atom stereocenters. The molecule has 1 aliphatic rings. The number of hydrogen-bond donors (Lipinski definition) is 2. The van der Waals surface area contributed by atoms with Gasteiger partial charge in [0.1, 0.15) is 0 Å². The lowest BCUT2D eigenvalue weighted by atomic mass is 9.76. The van der Waals surface area contributed by atoms with Crippen molar-refractivity contribution in [3.8, 4) is 0 Å². The van der Waals surface area contributed by atoms with Gasteiger partial charge in [0.25, 0.3) is 0 Å². The van der Waals surface area contributed by atoms with Gasteiger partial charge in [-0.05, 0) is 105 Å². The molecule has 2 nitrogen and oxygen atoms in total. The van der Waals surface area contributed by atoms with Crippen molar-refractivity contribution >= 4 is 0 Å². The van der Waals surface area contributed by atoms with Crippen LogP contribution in [-0.4, -0.2) is 18.2 Å². The van der Waals surface area contributed by atoms with Crippen molar-refractivity contribution in [3.05, 3.63) is 47.2 Å². The van der Waals surface area contributed by atoms with Gasteiger partial charge < -0.3 is 10.4 Å². The Bertz CT molecular complexity index is 668. The monoisotopic (exact) mass is 483 g/mol. The third-order valence-corrected chi connectivity index (χ3v) is 6.46. The number of benzene rings is 1. The first-order chi connectivity index (χ1) is 16.0. The van der Waals surface area contributed by atoms with E-state index in [0.717, 1.165) is 49.5 Å². The third-order valence-electron chi connectivity index (χ3n) is 6.46. The number of alkyl halides is 3. The molecule has 1 saturated carbocycles. The van der Waals surface area contributed by atoms with Crippen LogP contribution >= 0.6 is 0 Å². The maximum atomic E-state index is 12.6. The molecular weight excluding hydrogens is 435 g/mol. The van der Waals surface area contributed by atoms with Gasteiger partial charge in [0.15, 0.2) is 0 Å². The Morgan fingerprint density at radius 3 is 2.24 bits per heavy atom. The lowest BCUT2D eigenvalue weighted by molar-refractivity contribution is -0.137. The van der Waals surface area contributed by atoms with E-state index in [-0.39, 0.29) is 0 Å². The zero-order valence-corrected chi connectivity index (χ0v) is 22.1. The molecule has 0 spiro atoms. The number of allylic oxidation sites excluding steroid dienone is 2. The third kappa shape index (κ3) is 13.4. The van der Waals surface area contributed by atoms with E-state index in [4.69, 9.17) is 0 Å². The smallest absolute Gasteiger partial charge is 0.416 e. The first-order valence-corrected chi connectivity index (χ1v) is 13.3. The predicted molar refractivity (Wildman–Crippen MR) is 138 cm³/mol.